The highest BCUT2D eigenvalue weighted by Crippen LogP contribution is 2.23. The van der Waals surface area contributed by atoms with Crippen molar-refractivity contribution in [2.24, 2.45) is 5.73 Å². The Morgan fingerprint density at radius 3 is 2.62 bits per heavy atom. The lowest BCUT2D eigenvalue weighted by Crippen LogP contribution is -2.51. The van der Waals surface area contributed by atoms with Crippen molar-refractivity contribution in [3.05, 3.63) is 0 Å². The van der Waals surface area contributed by atoms with Crippen LogP contribution in [0.3, 0.4) is 0 Å². The minimum atomic E-state index is -0.233. The fourth-order valence-corrected chi connectivity index (χ4v) is 1.89. The Morgan fingerprint density at radius 2 is 2.15 bits per heavy atom. The Balaban J connectivity index is 2.55. The van der Waals surface area contributed by atoms with Crippen LogP contribution in [0.4, 0.5) is 0 Å². The highest BCUT2D eigenvalue weighted by Gasteiger charge is 2.32. The number of rotatable bonds is 4. The topological polar surface area (TPSA) is 64.3 Å². The fourth-order valence-electron chi connectivity index (χ4n) is 1.89. The SMILES string of the molecule is CCNC1(CC(N)=O)CCOCC1. The van der Waals surface area contributed by atoms with Crippen molar-refractivity contribution in [2.45, 2.75) is 31.7 Å². The molecule has 1 amide bonds. The minimum Gasteiger partial charge on any atom is -0.381 e. The van der Waals surface area contributed by atoms with Crippen molar-refractivity contribution in [1.82, 2.24) is 5.32 Å². The maximum atomic E-state index is 10.9. The fraction of sp³-hybridized carbons (Fsp3) is 0.889. The molecule has 0 aromatic rings. The molecule has 0 saturated carbocycles. The molecule has 13 heavy (non-hydrogen) atoms. The molecule has 4 nitrogen and oxygen atoms in total. The Kier molecular flexibility index (Phi) is 3.69. The second-order valence-corrected chi connectivity index (χ2v) is 3.57. The molecule has 3 N–H and O–H groups in total. The van der Waals surface area contributed by atoms with Crippen LogP contribution in [0, 0.1) is 0 Å². The Labute approximate surface area is 78.8 Å². The molecule has 0 aliphatic carbocycles. The summed E-state index contributed by atoms with van der Waals surface area (Å²) in [6, 6.07) is 0. The highest BCUT2D eigenvalue weighted by atomic mass is 16.5. The van der Waals surface area contributed by atoms with Gasteiger partial charge in [-0.25, -0.2) is 0 Å². The van der Waals surface area contributed by atoms with Crippen LogP contribution in [-0.4, -0.2) is 31.2 Å². The Bertz CT molecular complexity index is 171. The number of nitrogens with two attached hydrogens (primary N) is 1. The summed E-state index contributed by atoms with van der Waals surface area (Å²) in [6.45, 7) is 4.35. The zero-order valence-electron chi connectivity index (χ0n) is 8.14. The molecule has 0 atom stereocenters. The summed E-state index contributed by atoms with van der Waals surface area (Å²) in [5.41, 5.74) is 5.12. The number of primary amides is 1. The molecule has 0 bridgehead atoms. The molecule has 0 spiro atoms. The van der Waals surface area contributed by atoms with E-state index in [-0.39, 0.29) is 11.4 Å². The van der Waals surface area contributed by atoms with Gasteiger partial charge in [-0.05, 0) is 19.4 Å². The van der Waals surface area contributed by atoms with Crippen LogP contribution < -0.4 is 11.1 Å². The van der Waals surface area contributed by atoms with Gasteiger partial charge < -0.3 is 15.8 Å². The van der Waals surface area contributed by atoms with E-state index in [1.807, 2.05) is 6.92 Å². The van der Waals surface area contributed by atoms with Gasteiger partial charge in [0.2, 0.25) is 5.91 Å². The first kappa shape index (κ1) is 10.5. The number of hydrogen-bond donors (Lipinski definition) is 2. The zero-order chi connectivity index (χ0) is 9.73. The van der Waals surface area contributed by atoms with Gasteiger partial charge in [-0.3, -0.25) is 4.79 Å². The first-order valence-electron chi connectivity index (χ1n) is 4.80. The third kappa shape index (κ3) is 2.97. The van der Waals surface area contributed by atoms with E-state index in [4.69, 9.17) is 10.5 Å². The maximum absolute atomic E-state index is 10.9. The lowest BCUT2D eigenvalue weighted by atomic mass is 9.86. The Morgan fingerprint density at radius 1 is 1.54 bits per heavy atom. The molecule has 76 valence electrons. The van der Waals surface area contributed by atoms with Gasteiger partial charge in [0.15, 0.2) is 0 Å². The standard InChI is InChI=1S/C9H18N2O2/c1-2-11-9(7-8(10)12)3-5-13-6-4-9/h11H,2-7H2,1H3,(H2,10,12). The van der Waals surface area contributed by atoms with Gasteiger partial charge in [-0.2, -0.15) is 0 Å². The highest BCUT2D eigenvalue weighted by molar-refractivity contribution is 5.75. The van der Waals surface area contributed by atoms with E-state index >= 15 is 0 Å². The third-order valence-electron chi connectivity index (χ3n) is 2.51. The summed E-state index contributed by atoms with van der Waals surface area (Å²) >= 11 is 0. The van der Waals surface area contributed by atoms with Crippen LogP contribution >= 0.6 is 0 Å². The van der Waals surface area contributed by atoms with Gasteiger partial charge in [-0.1, -0.05) is 6.92 Å². The molecule has 1 rings (SSSR count). The summed E-state index contributed by atoms with van der Waals surface area (Å²) < 4.78 is 5.26. The van der Waals surface area contributed by atoms with Gasteiger partial charge >= 0.3 is 0 Å². The van der Waals surface area contributed by atoms with Gasteiger partial charge in [0.1, 0.15) is 0 Å². The van der Waals surface area contributed by atoms with E-state index < -0.39 is 0 Å². The largest absolute Gasteiger partial charge is 0.381 e. The van der Waals surface area contributed by atoms with E-state index in [9.17, 15) is 4.79 Å². The molecular weight excluding hydrogens is 168 g/mol. The molecule has 0 aromatic carbocycles. The van der Waals surface area contributed by atoms with E-state index in [0.717, 1.165) is 32.6 Å². The minimum absolute atomic E-state index is 0.0984. The second-order valence-electron chi connectivity index (χ2n) is 3.57. The predicted octanol–water partition coefficient (Wildman–Crippen LogP) is 0.0205. The van der Waals surface area contributed by atoms with Crippen LogP contribution in [0.2, 0.25) is 0 Å². The number of carbonyl (C=O) groups is 1. The van der Waals surface area contributed by atoms with Crippen molar-refractivity contribution in [3.63, 3.8) is 0 Å². The zero-order valence-corrected chi connectivity index (χ0v) is 8.14. The van der Waals surface area contributed by atoms with E-state index in [0.29, 0.717) is 6.42 Å². The van der Waals surface area contributed by atoms with E-state index in [1.54, 1.807) is 0 Å². The normalized spacial score (nSPS) is 21.3. The number of nitrogens with one attached hydrogen (secondary N) is 1. The summed E-state index contributed by atoms with van der Waals surface area (Å²) in [7, 11) is 0. The molecule has 0 aromatic heterocycles. The number of amides is 1. The van der Waals surface area contributed by atoms with Gasteiger partial charge in [0.25, 0.3) is 0 Å². The molecule has 4 heteroatoms. The molecule has 1 fully saturated rings. The van der Waals surface area contributed by atoms with Crippen molar-refractivity contribution in [2.75, 3.05) is 19.8 Å². The van der Waals surface area contributed by atoms with Crippen molar-refractivity contribution in [3.8, 4) is 0 Å². The summed E-state index contributed by atoms with van der Waals surface area (Å²) in [6.07, 6.45) is 2.18. The van der Waals surface area contributed by atoms with Crippen molar-refractivity contribution < 1.29 is 9.53 Å². The van der Waals surface area contributed by atoms with Crippen LogP contribution in [-0.2, 0) is 9.53 Å². The monoisotopic (exact) mass is 186 g/mol. The maximum Gasteiger partial charge on any atom is 0.219 e. The number of carbonyl (C=O) groups excluding carboxylic acids is 1. The average molecular weight is 186 g/mol. The van der Waals surface area contributed by atoms with Gasteiger partial charge in [0, 0.05) is 25.2 Å². The lowest BCUT2D eigenvalue weighted by molar-refractivity contribution is -0.120. The quantitative estimate of drug-likeness (QED) is 0.650. The predicted molar refractivity (Wildman–Crippen MR) is 50.3 cm³/mol. The Hall–Kier alpha value is -0.610. The third-order valence-corrected chi connectivity index (χ3v) is 2.51. The molecular formula is C9H18N2O2. The number of hydrogen-bond acceptors (Lipinski definition) is 3. The molecule has 0 unspecified atom stereocenters. The molecule has 1 aliphatic heterocycles. The molecule has 0 radical (unpaired) electrons. The molecule has 1 heterocycles. The van der Waals surface area contributed by atoms with E-state index in [2.05, 4.69) is 5.32 Å². The van der Waals surface area contributed by atoms with Crippen molar-refractivity contribution in [1.29, 1.82) is 0 Å². The van der Waals surface area contributed by atoms with Crippen LogP contribution in [0.5, 0.6) is 0 Å². The van der Waals surface area contributed by atoms with Crippen LogP contribution in [0.25, 0.3) is 0 Å². The smallest absolute Gasteiger partial charge is 0.219 e. The second kappa shape index (κ2) is 4.58. The summed E-state index contributed by atoms with van der Waals surface area (Å²) in [5, 5.41) is 3.35. The lowest BCUT2D eigenvalue weighted by Gasteiger charge is -2.37. The molecule has 1 saturated heterocycles. The first-order valence-corrected chi connectivity index (χ1v) is 4.80. The summed E-state index contributed by atoms with van der Waals surface area (Å²) in [5.74, 6) is -0.233. The average Bonchev–Trinajstić information content (AvgIpc) is 2.04. The summed E-state index contributed by atoms with van der Waals surface area (Å²) in [4.78, 5) is 10.9. The van der Waals surface area contributed by atoms with Crippen LogP contribution in [0.1, 0.15) is 26.2 Å². The van der Waals surface area contributed by atoms with Gasteiger partial charge in [0.05, 0.1) is 0 Å². The van der Waals surface area contributed by atoms with Gasteiger partial charge in [-0.15, -0.1) is 0 Å². The molecule has 1 aliphatic rings. The van der Waals surface area contributed by atoms with Crippen molar-refractivity contribution >= 4 is 5.91 Å². The van der Waals surface area contributed by atoms with E-state index in [1.165, 1.54) is 0 Å². The number of ether oxygens (including phenoxy) is 1. The van der Waals surface area contributed by atoms with Crippen LogP contribution in [0.15, 0.2) is 0 Å². The first-order chi connectivity index (χ1) is 6.18.